The highest BCUT2D eigenvalue weighted by atomic mass is 19.2. The molecule has 2 rings (SSSR count). The highest BCUT2D eigenvalue weighted by molar-refractivity contribution is 5.95. The average molecular weight is 288 g/mol. The summed E-state index contributed by atoms with van der Waals surface area (Å²) in [6, 6.07) is 0.187. The molecule has 0 radical (unpaired) electrons. The second-order valence-corrected chi connectivity index (χ2v) is 5.01. The van der Waals surface area contributed by atoms with Crippen LogP contribution in [0.25, 0.3) is 0 Å². The molecular weight excluding hydrogens is 273 g/mol. The largest absolute Gasteiger partial charge is 0.503 e. The maximum atomic E-state index is 13.7. The summed E-state index contributed by atoms with van der Waals surface area (Å²) in [4.78, 5) is 13.5. The number of piperidine rings is 1. The van der Waals surface area contributed by atoms with Crippen LogP contribution in [0.1, 0.15) is 30.1 Å². The lowest BCUT2D eigenvalue weighted by Gasteiger charge is -2.36. The Morgan fingerprint density at radius 3 is 2.65 bits per heavy atom. The first-order chi connectivity index (χ1) is 9.32. The van der Waals surface area contributed by atoms with Crippen LogP contribution in [0.4, 0.5) is 13.2 Å². The number of carbonyl (C=O) groups excluding carboxylic acids is 1. The van der Waals surface area contributed by atoms with Crippen LogP contribution in [-0.2, 0) is 0 Å². The van der Waals surface area contributed by atoms with Crippen molar-refractivity contribution in [2.75, 3.05) is 6.54 Å². The monoisotopic (exact) mass is 288 g/mol. The van der Waals surface area contributed by atoms with Gasteiger partial charge < -0.3 is 15.7 Å². The molecule has 2 unspecified atom stereocenters. The summed E-state index contributed by atoms with van der Waals surface area (Å²) in [5.74, 6) is -6.87. The summed E-state index contributed by atoms with van der Waals surface area (Å²) in [5, 5.41) is 9.14. The Kier molecular flexibility index (Phi) is 3.89. The smallest absolute Gasteiger partial charge is 0.257 e. The van der Waals surface area contributed by atoms with Crippen molar-refractivity contribution in [1.29, 1.82) is 0 Å². The Balaban J connectivity index is 2.35. The quantitative estimate of drug-likeness (QED) is 0.774. The molecule has 110 valence electrons. The van der Waals surface area contributed by atoms with Crippen LogP contribution in [0, 0.1) is 17.5 Å². The molecule has 1 aromatic rings. The molecule has 1 heterocycles. The van der Waals surface area contributed by atoms with Gasteiger partial charge in [0.15, 0.2) is 17.4 Å². The van der Waals surface area contributed by atoms with Crippen LogP contribution in [0.3, 0.4) is 0 Å². The molecule has 0 spiro atoms. The minimum atomic E-state index is -1.70. The Labute approximate surface area is 114 Å². The third-order valence-electron chi connectivity index (χ3n) is 3.54. The first kappa shape index (κ1) is 14.6. The molecule has 0 bridgehead atoms. The van der Waals surface area contributed by atoms with Crippen LogP contribution in [0.15, 0.2) is 6.07 Å². The molecule has 0 aromatic heterocycles. The normalized spacial score (nSPS) is 22.9. The predicted molar refractivity (Wildman–Crippen MR) is 65.7 cm³/mol. The third-order valence-corrected chi connectivity index (χ3v) is 3.54. The van der Waals surface area contributed by atoms with Gasteiger partial charge in [-0.25, -0.2) is 8.78 Å². The van der Waals surface area contributed by atoms with Gasteiger partial charge in [0, 0.05) is 18.6 Å². The van der Waals surface area contributed by atoms with Crippen LogP contribution in [0.5, 0.6) is 5.75 Å². The lowest BCUT2D eigenvalue weighted by atomic mass is 9.98. The fourth-order valence-corrected chi connectivity index (χ4v) is 2.41. The average Bonchev–Trinajstić information content (AvgIpc) is 2.40. The molecule has 1 aliphatic heterocycles. The molecule has 0 aliphatic carbocycles. The molecule has 7 heteroatoms. The SMILES string of the molecule is CC1CC(N)CCN1C(=O)c1cc(F)c(F)c(O)c1F. The van der Waals surface area contributed by atoms with Gasteiger partial charge in [-0.1, -0.05) is 0 Å². The Hall–Kier alpha value is -1.76. The van der Waals surface area contributed by atoms with Crippen molar-refractivity contribution in [3.05, 3.63) is 29.1 Å². The van der Waals surface area contributed by atoms with Crippen molar-refractivity contribution in [2.45, 2.75) is 31.8 Å². The summed E-state index contributed by atoms with van der Waals surface area (Å²) in [6.07, 6.45) is 1.09. The minimum absolute atomic E-state index is 0.0442. The number of rotatable bonds is 1. The molecule has 1 amide bonds. The second kappa shape index (κ2) is 5.32. The van der Waals surface area contributed by atoms with E-state index in [0.29, 0.717) is 25.5 Å². The molecular formula is C13H15F3N2O2. The first-order valence-electron chi connectivity index (χ1n) is 6.26. The van der Waals surface area contributed by atoms with Gasteiger partial charge in [0.25, 0.3) is 5.91 Å². The minimum Gasteiger partial charge on any atom is -0.503 e. The number of nitrogens with zero attached hydrogens (tertiary/aromatic N) is 1. The number of carbonyl (C=O) groups is 1. The van der Waals surface area contributed by atoms with E-state index in [9.17, 15) is 18.0 Å². The van der Waals surface area contributed by atoms with Crippen LogP contribution in [-0.4, -0.2) is 34.5 Å². The number of benzene rings is 1. The van der Waals surface area contributed by atoms with Gasteiger partial charge in [-0.15, -0.1) is 0 Å². The lowest BCUT2D eigenvalue weighted by molar-refractivity contribution is 0.0612. The second-order valence-electron chi connectivity index (χ2n) is 5.01. The molecule has 1 aromatic carbocycles. The molecule has 1 fully saturated rings. The molecule has 2 atom stereocenters. The highest BCUT2D eigenvalue weighted by Crippen LogP contribution is 2.28. The van der Waals surface area contributed by atoms with E-state index in [4.69, 9.17) is 10.8 Å². The number of amides is 1. The number of phenolic OH excluding ortho intramolecular Hbond substituents is 1. The van der Waals surface area contributed by atoms with E-state index < -0.39 is 34.7 Å². The standard InChI is InChI=1S/C13H15F3N2O2/c1-6-4-7(17)2-3-18(6)13(20)8-5-9(14)11(16)12(19)10(8)15/h5-7,19H,2-4,17H2,1H3. The number of hydrogen-bond acceptors (Lipinski definition) is 3. The fourth-order valence-electron chi connectivity index (χ4n) is 2.41. The fraction of sp³-hybridized carbons (Fsp3) is 0.462. The maximum absolute atomic E-state index is 13.7. The van der Waals surface area contributed by atoms with Gasteiger partial charge in [-0.2, -0.15) is 4.39 Å². The van der Waals surface area contributed by atoms with Crippen molar-refractivity contribution < 1.29 is 23.1 Å². The summed E-state index contributed by atoms with van der Waals surface area (Å²) >= 11 is 0. The highest BCUT2D eigenvalue weighted by Gasteiger charge is 2.31. The van der Waals surface area contributed by atoms with E-state index in [-0.39, 0.29) is 12.1 Å². The summed E-state index contributed by atoms with van der Waals surface area (Å²) in [5.41, 5.74) is 5.09. The van der Waals surface area contributed by atoms with E-state index in [1.165, 1.54) is 4.90 Å². The van der Waals surface area contributed by atoms with Crippen molar-refractivity contribution >= 4 is 5.91 Å². The van der Waals surface area contributed by atoms with Crippen LogP contribution in [0.2, 0.25) is 0 Å². The van der Waals surface area contributed by atoms with E-state index in [2.05, 4.69) is 0 Å². The zero-order valence-corrected chi connectivity index (χ0v) is 10.9. The van der Waals surface area contributed by atoms with E-state index >= 15 is 0 Å². The number of aromatic hydroxyl groups is 1. The predicted octanol–water partition coefficient (Wildman–Crippen LogP) is 1.76. The molecule has 3 N–H and O–H groups in total. The third kappa shape index (κ3) is 2.45. The summed E-state index contributed by atoms with van der Waals surface area (Å²) < 4.78 is 39.9. The van der Waals surface area contributed by atoms with Gasteiger partial charge in [-0.05, 0) is 25.8 Å². The van der Waals surface area contributed by atoms with Crippen LogP contribution >= 0.6 is 0 Å². The zero-order chi connectivity index (χ0) is 15.0. The van der Waals surface area contributed by atoms with Crippen molar-refractivity contribution in [1.82, 2.24) is 4.90 Å². The first-order valence-corrected chi connectivity index (χ1v) is 6.26. The Bertz CT molecular complexity index is 551. The molecule has 0 saturated carbocycles. The number of nitrogens with two attached hydrogens (primary N) is 1. The number of phenols is 1. The van der Waals surface area contributed by atoms with E-state index in [0.717, 1.165) is 0 Å². The summed E-state index contributed by atoms with van der Waals surface area (Å²) in [7, 11) is 0. The summed E-state index contributed by atoms with van der Waals surface area (Å²) in [6.45, 7) is 2.05. The van der Waals surface area contributed by atoms with Crippen molar-refractivity contribution in [2.24, 2.45) is 5.73 Å². The van der Waals surface area contributed by atoms with Gasteiger partial charge in [0.1, 0.15) is 0 Å². The van der Waals surface area contributed by atoms with Gasteiger partial charge in [-0.3, -0.25) is 4.79 Å². The Morgan fingerprint density at radius 1 is 1.40 bits per heavy atom. The number of hydrogen-bond donors (Lipinski definition) is 2. The zero-order valence-electron chi connectivity index (χ0n) is 10.9. The molecule has 1 saturated heterocycles. The van der Waals surface area contributed by atoms with E-state index in [1.54, 1.807) is 6.92 Å². The van der Waals surface area contributed by atoms with Gasteiger partial charge in [0.2, 0.25) is 5.82 Å². The van der Waals surface area contributed by atoms with E-state index in [1.807, 2.05) is 0 Å². The van der Waals surface area contributed by atoms with Crippen LogP contribution < -0.4 is 5.73 Å². The molecule has 1 aliphatic rings. The topological polar surface area (TPSA) is 66.6 Å². The van der Waals surface area contributed by atoms with Gasteiger partial charge >= 0.3 is 0 Å². The number of likely N-dealkylation sites (tertiary alicyclic amines) is 1. The van der Waals surface area contributed by atoms with Crippen molar-refractivity contribution in [3.63, 3.8) is 0 Å². The van der Waals surface area contributed by atoms with Crippen molar-refractivity contribution in [3.8, 4) is 5.75 Å². The maximum Gasteiger partial charge on any atom is 0.257 e. The molecule has 4 nitrogen and oxygen atoms in total. The molecule has 20 heavy (non-hydrogen) atoms. The Morgan fingerprint density at radius 2 is 2.05 bits per heavy atom. The lowest BCUT2D eigenvalue weighted by Crippen LogP contribution is -2.48. The van der Waals surface area contributed by atoms with Gasteiger partial charge in [0.05, 0.1) is 5.56 Å². The number of halogens is 3.